The van der Waals surface area contributed by atoms with E-state index in [-0.39, 0.29) is 43.8 Å². The first-order valence-electron chi connectivity index (χ1n) is 12.3. The molecular weight excluding hydrogens is 514 g/mol. The van der Waals surface area contributed by atoms with Crippen LogP contribution in [-0.2, 0) is 30.4 Å². The number of hydrogen-bond donors (Lipinski definition) is 7. The van der Waals surface area contributed by atoms with Gasteiger partial charge in [-0.3, -0.25) is 19.2 Å². The molecule has 1 aromatic rings. The maximum Gasteiger partial charge on any atom is 0.326 e. The number of benzene rings is 1. The molecule has 0 fully saturated rings. The number of hydrogen-bond acceptors (Lipinski definition) is 8. The molecule has 12 nitrogen and oxygen atoms in total. The van der Waals surface area contributed by atoms with Gasteiger partial charge in [-0.2, -0.15) is 11.8 Å². The average Bonchev–Trinajstić information content (AvgIpc) is 2.84. The third kappa shape index (κ3) is 12.3. The molecule has 4 atom stereocenters. The fraction of sp³-hybridized carbons (Fsp3) is 0.560. The van der Waals surface area contributed by atoms with Crippen molar-refractivity contribution < 1.29 is 34.2 Å². The highest BCUT2D eigenvalue weighted by Crippen LogP contribution is 2.12. The normalized spacial score (nSPS) is 14.1. The molecule has 0 spiro atoms. The predicted molar refractivity (Wildman–Crippen MR) is 144 cm³/mol. The van der Waals surface area contributed by atoms with E-state index in [1.807, 2.05) is 20.1 Å². The Morgan fingerprint density at radius 1 is 0.895 bits per heavy atom. The van der Waals surface area contributed by atoms with Crippen molar-refractivity contribution in [2.75, 3.05) is 12.0 Å². The van der Waals surface area contributed by atoms with Gasteiger partial charge in [-0.15, -0.1) is 0 Å². The minimum absolute atomic E-state index is 0.00747. The smallest absolute Gasteiger partial charge is 0.326 e. The number of carboxylic acids is 1. The zero-order chi connectivity index (χ0) is 28.8. The average molecular weight is 554 g/mol. The molecule has 9 N–H and O–H groups in total. The van der Waals surface area contributed by atoms with Gasteiger partial charge in [0.2, 0.25) is 23.6 Å². The fourth-order valence-electron chi connectivity index (χ4n) is 3.53. The zero-order valence-electron chi connectivity index (χ0n) is 21.9. The number of phenolic OH excluding ortho intramolecular Hbond substituents is 1. The van der Waals surface area contributed by atoms with E-state index in [2.05, 4.69) is 16.0 Å². The first-order chi connectivity index (χ1) is 17.8. The molecule has 4 amide bonds. The molecule has 0 aliphatic heterocycles. The van der Waals surface area contributed by atoms with E-state index in [0.717, 1.165) is 0 Å². The Morgan fingerprint density at radius 2 is 1.45 bits per heavy atom. The van der Waals surface area contributed by atoms with Crippen LogP contribution in [0.25, 0.3) is 0 Å². The third-order valence-electron chi connectivity index (χ3n) is 5.61. The second kappa shape index (κ2) is 16.5. The van der Waals surface area contributed by atoms with E-state index in [1.54, 1.807) is 12.1 Å². The van der Waals surface area contributed by atoms with Crippen LogP contribution in [0.3, 0.4) is 0 Å². The third-order valence-corrected chi connectivity index (χ3v) is 6.26. The lowest BCUT2D eigenvalue weighted by Gasteiger charge is -2.26. The molecule has 13 heteroatoms. The Morgan fingerprint density at radius 3 is 1.97 bits per heavy atom. The lowest BCUT2D eigenvalue weighted by molar-refractivity contribution is -0.142. The summed E-state index contributed by atoms with van der Waals surface area (Å²) in [5, 5.41) is 26.8. The molecule has 212 valence electrons. The molecule has 0 radical (unpaired) electrons. The van der Waals surface area contributed by atoms with Crippen LogP contribution in [-0.4, -0.2) is 76.0 Å². The van der Waals surface area contributed by atoms with Gasteiger partial charge in [-0.05, 0) is 54.9 Å². The monoisotopic (exact) mass is 553 g/mol. The Bertz CT molecular complexity index is 958. The highest BCUT2D eigenvalue weighted by molar-refractivity contribution is 7.98. The lowest BCUT2D eigenvalue weighted by Crippen LogP contribution is -2.57. The van der Waals surface area contributed by atoms with E-state index >= 15 is 0 Å². The molecule has 0 heterocycles. The summed E-state index contributed by atoms with van der Waals surface area (Å²) in [4.78, 5) is 61.6. The molecule has 4 unspecified atom stereocenters. The zero-order valence-corrected chi connectivity index (χ0v) is 22.8. The molecule has 0 bridgehead atoms. The van der Waals surface area contributed by atoms with Crippen molar-refractivity contribution in [2.24, 2.45) is 17.4 Å². The number of phenols is 1. The summed E-state index contributed by atoms with van der Waals surface area (Å²) < 4.78 is 0. The number of aliphatic carboxylic acids is 1. The summed E-state index contributed by atoms with van der Waals surface area (Å²) in [6.07, 6.45) is 2.23. The summed E-state index contributed by atoms with van der Waals surface area (Å²) in [5.41, 5.74) is 11.5. The maximum absolute atomic E-state index is 13.2. The first-order valence-corrected chi connectivity index (χ1v) is 13.7. The summed E-state index contributed by atoms with van der Waals surface area (Å²) in [6, 6.07) is 1.58. The standard InChI is InChI=1S/C25H39N5O7S/c1-14(2)12-19(29-22(33)17(26)8-9-21(27)32)24(35)28-18(10-11-38-3)23(34)30-20(25(36)37)13-15-4-6-16(31)7-5-15/h4-7,14,17-20,31H,8-13,26H2,1-3H3,(H2,27,32)(H,28,35)(H,29,33)(H,30,34)(H,36,37). The van der Waals surface area contributed by atoms with Crippen molar-refractivity contribution in [1.82, 2.24) is 16.0 Å². The Kier molecular flexibility index (Phi) is 14.2. The number of primary amides is 1. The van der Waals surface area contributed by atoms with Crippen molar-refractivity contribution in [1.29, 1.82) is 0 Å². The van der Waals surface area contributed by atoms with Crippen molar-refractivity contribution in [3.05, 3.63) is 29.8 Å². The van der Waals surface area contributed by atoms with Gasteiger partial charge >= 0.3 is 5.97 Å². The molecule has 0 saturated heterocycles. The van der Waals surface area contributed by atoms with Crippen molar-refractivity contribution in [3.8, 4) is 5.75 Å². The van der Waals surface area contributed by atoms with Gasteiger partial charge in [-0.25, -0.2) is 4.79 Å². The number of carbonyl (C=O) groups excluding carboxylic acids is 4. The SMILES string of the molecule is CSCCC(NC(=O)C(CC(C)C)NC(=O)C(N)CCC(N)=O)C(=O)NC(Cc1ccc(O)cc1)C(=O)O. The van der Waals surface area contributed by atoms with Crippen LogP contribution in [0.1, 0.15) is 45.1 Å². The number of aromatic hydroxyl groups is 1. The van der Waals surface area contributed by atoms with E-state index in [9.17, 15) is 34.2 Å². The van der Waals surface area contributed by atoms with Gasteiger partial charge in [0, 0.05) is 12.8 Å². The number of carboxylic acid groups (broad SMARTS) is 1. The second-order valence-corrected chi connectivity index (χ2v) is 10.4. The second-order valence-electron chi connectivity index (χ2n) is 9.41. The topological polar surface area (TPSA) is 214 Å². The maximum atomic E-state index is 13.2. The summed E-state index contributed by atoms with van der Waals surface area (Å²) in [7, 11) is 0. The van der Waals surface area contributed by atoms with E-state index < -0.39 is 53.8 Å². The largest absolute Gasteiger partial charge is 0.508 e. The minimum atomic E-state index is -1.27. The Balaban J connectivity index is 2.98. The van der Waals surface area contributed by atoms with Gasteiger partial charge in [0.25, 0.3) is 0 Å². The van der Waals surface area contributed by atoms with Crippen LogP contribution in [0.5, 0.6) is 5.75 Å². The van der Waals surface area contributed by atoms with Gasteiger partial charge in [-0.1, -0.05) is 26.0 Å². The van der Waals surface area contributed by atoms with Crippen LogP contribution in [0.2, 0.25) is 0 Å². The molecule has 0 aliphatic rings. The van der Waals surface area contributed by atoms with Gasteiger partial charge in [0.05, 0.1) is 6.04 Å². The molecular formula is C25H39N5O7S. The number of carbonyl (C=O) groups is 5. The van der Waals surface area contributed by atoms with E-state index in [0.29, 0.717) is 11.3 Å². The molecule has 0 saturated carbocycles. The van der Waals surface area contributed by atoms with Crippen LogP contribution >= 0.6 is 11.8 Å². The van der Waals surface area contributed by atoms with Crippen LogP contribution in [0.4, 0.5) is 0 Å². The number of nitrogens with one attached hydrogen (secondary N) is 3. The van der Waals surface area contributed by atoms with Crippen LogP contribution < -0.4 is 27.4 Å². The first kappa shape index (κ1) is 32.7. The highest BCUT2D eigenvalue weighted by atomic mass is 32.2. The number of thioether (sulfide) groups is 1. The fourth-order valence-corrected chi connectivity index (χ4v) is 4.00. The Hall–Kier alpha value is -3.32. The Labute approximate surface area is 226 Å². The highest BCUT2D eigenvalue weighted by Gasteiger charge is 2.30. The molecule has 38 heavy (non-hydrogen) atoms. The lowest BCUT2D eigenvalue weighted by atomic mass is 10.0. The number of rotatable bonds is 17. The molecule has 0 aliphatic carbocycles. The van der Waals surface area contributed by atoms with E-state index in [1.165, 1.54) is 23.9 Å². The van der Waals surface area contributed by atoms with Crippen LogP contribution in [0.15, 0.2) is 24.3 Å². The van der Waals surface area contributed by atoms with Gasteiger partial charge in [0.1, 0.15) is 23.9 Å². The summed E-state index contributed by atoms with van der Waals surface area (Å²) in [6.45, 7) is 3.72. The van der Waals surface area contributed by atoms with E-state index in [4.69, 9.17) is 11.5 Å². The predicted octanol–water partition coefficient (Wildman–Crippen LogP) is -0.134. The van der Waals surface area contributed by atoms with Crippen molar-refractivity contribution >= 4 is 41.4 Å². The van der Waals surface area contributed by atoms with Crippen molar-refractivity contribution in [2.45, 2.75) is 70.1 Å². The number of nitrogens with two attached hydrogens (primary N) is 2. The summed E-state index contributed by atoms with van der Waals surface area (Å²) >= 11 is 1.45. The molecule has 1 aromatic carbocycles. The quantitative estimate of drug-likeness (QED) is 0.137. The molecule has 1 rings (SSSR count). The number of amides is 4. The minimum Gasteiger partial charge on any atom is -0.508 e. The van der Waals surface area contributed by atoms with Gasteiger partial charge < -0.3 is 37.6 Å². The van der Waals surface area contributed by atoms with Crippen LogP contribution in [0, 0.1) is 5.92 Å². The van der Waals surface area contributed by atoms with Crippen molar-refractivity contribution in [3.63, 3.8) is 0 Å². The molecule has 0 aromatic heterocycles. The van der Waals surface area contributed by atoms with Gasteiger partial charge in [0.15, 0.2) is 0 Å². The summed E-state index contributed by atoms with van der Waals surface area (Å²) in [5.74, 6) is -3.22.